The third-order valence-electron chi connectivity index (χ3n) is 10.9. The van der Waals surface area contributed by atoms with E-state index in [0.717, 1.165) is 90.2 Å². The Morgan fingerprint density at radius 3 is 2.08 bits per heavy atom. The van der Waals surface area contributed by atoms with Crippen LogP contribution in [-0.2, 0) is 14.2 Å². The number of rotatable bonds is 10. The van der Waals surface area contributed by atoms with Crippen molar-refractivity contribution in [3.8, 4) is 5.75 Å². The van der Waals surface area contributed by atoms with Gasteiger partial charge in [0.25, 0.3) is 0 Å². The van der Waals surface area contributed by atoms with Crippen LogP contribution in [0, 0.1) is 12.7 Å². The smallest absolute Gasteiger partial charge is 0.449 e. The Kier molecular flexibility index (Phi) is 13.9. The number of H-pyrrole nitrogens is 1. The topological polar surface area (TPSA) is 107 Å². The van der Waals surface area contributed by atoms with Crippen molar-refractivity contribution in [3.63, 3.8) is 0 Å². The normalized spacial score (nSPS) is 16.9. The molecule has 2 aromatic heterocycles. The van der Waals surface area contributed by atoms with E-state index < -0.39 is 30.1 Å². The molecule has 16 heteroatoms. The molecule has 0 aliphatic carbocycles. The molecule has 61 heavy (non-hydrogen) atoms. The molecular weight excluding hydrogens is 816 g/mol. The summed E-state index contributed by atoms with van der Waals surface area (Å²) in [6.45, 7) is 7.31. The molecule has 0 bridgehead atoms. The van der Waals surface area contributed by atoms with Crippen molar-refractivity contribution in [1.82, 2.24) is 29.3 Å². The summed E-state index contributed by atoms with van der Waals surface area (Å²) in [4.78, 5) is 30.1. The number of aryl methyl sites for hydroxylation is 1. The summed E-state index contributed by atoms with van der Waals surface area (Å²) in [6, 6.07) is 23.6. The van der Waals surface area contributed by atoms with Gasteiger partial charge in [-0.05, 0) is 113 Å². The summed E-state index contributed by atoms with van der Waals surface area (Å²) in [5.41, 5.74) is 4.69. The number of hydrogen-bond donors (Lipinski definition) is 1. The van der Waals surface area contributed by atoms with Crippen LogP contribution < -0.4 is 4.74 Å². The van der Waals surface area contributed by atoms with Gasteiger partial charge < -0.3 is 33.7 Å². The molecule has 11 nitrogen and oxygen atoms in total. The second-order valence-corrected chi connectivity index (χ2v) is 15.8. The van der Waals surface area contributed by atoms with Crippen LogP contribution in [0.2, 0.25) is 5.02 Å². The molecule has 0 saturated carbocycles. The zero-order valence-electron chi connectivity index (χ0n) is 34.4. The lowest BCUT2D eigenvalue weighted by Crippen LogP contribution is -2.35. The maximum Gasteiger partial charge on any atom is 0.573 e. The van der Waals surface area contributed by atoms with Crippen LogP contribution >= 0.6 is 11.6 Å². The summed E-state index contributed by atoms with van der Waals surface area (Å²) >= 11 is 6.39. The molecule has 8 rings (SSSR count). The molecule has 2 saturated heterocycles. The maximum atomic E-state index is 15.1. The number of halogens is 5. The van der Waals surface area contributed by atoms with Crippen molar-refractivity contribution in [2.24, 2.45) is 0 Å². The lowest BCUT2D eigenvalue weighted by atomic mass is 10.0. The van der Waals surface area contributed by atoms with E-state index in [1.165, 1.54) is 4.57 Å². The minimum atomic E-state index is -4.96. The fourth-order valence-corrected chi connectivity index (χ4v) is 7.78. The Labute approximate surface area is 356 Å². The first kappa shape index (κ1) is 44.0. The van der Waals surface area contributed by atoms with Gasteiger partial charge in [0.15, 0.2) is 5.82 Å². The molecule has 2 aliphatic heterocycles. The zero-order chi connectivity index (χ0) is 43.3. The predicted octanol–water partition coefficient (Wildman–Crippen LogP) is 10.0. The third-order valence-corrected chi connectivity index (χ3v) is 11.3. The highest BCUT2D eigenvalue weighted by atomic mass is 35.5. The van der Waals surface area contributed by atoms with Gasteiger partial charge in [0.05, 0.1) is 40.9 Å². The lowest BCUT2D eigenvalue weighted by Gasteiger charge is -2.32. The van der Waals surface area contributed by atoms with Crippen molar-refractivity contribution >= 4 is 39.8 Å². The van der Waals surface area contributed by atoms with Gasteiger partial charge in [0.1, 0.15) is 29.6 Å². The van der Waals surface area contributed by atoms with Gasteiger partial charge in [-0.25, -0.2) is 23.7 Å². The molecule has 0 radical (unpaired) electrons. The van der Waals surface area contributed by atoms with Gasteiger partial charge in [-0.1, -0.05) is 48.0 Å². The molecule has 4 heterocycles. The van der Waals surface area contributed by atoms with Gasteiger partial charge in [-0.3, -0.25) is 0 Å². The molecule has 324 valence electrons. The van der Waals surface area contributed by atoms with E-state index in [0.29, 0.717) is 23.9 Å². The minimum absolute atomic E-state index is 0.00615. The van der Waals surface area contributed by atoms with E-state index in [1.54, 1.807) is 31.2 Å². The number of likely N-dealkylation sites (tertiary alicyclic amines) is 2. The standard InChI is InChI=1S/C24H25F4N3O4.C21H24ClN3O/c1-3-33-23(32)31-20-7-5-4-6-19(20)29-22(31)21(34-15-10-12-30(2)13-11-15)17-14-16(8-9-18(17)25)35-24(26,27)28;1-14-7-8-15(13-17(14)22)20(26-16-9-11-25(2)12-10-16)21-23-18-5-3-4-6-19(18)24-21/h4-9,14-15,21H,3,10-13H2,1-2H3;3-8,13,16,20H,9-12H2,1-2H3,(H,23,24). The molecule has 6 aromatic rings. The second-order valence-electron chi connectivity index (χ2n) is 15.4. The molecule has 2 fully saturated rings. The minimum Gasteiger partial charge on any atom is -0.449 e. The predicted molar refractivity (Wildman–Crippen MR) is 224 cm³/mol. The van der Waals surface area contributed by atoms with E-state index in [-0.39, 0.29) is 36.3 Å². The number of carbonyl (C=O) groups excluding carboxylic acids is 1. The number of para-hydroxylation sites is 4. The van der Waals surface area contributed by atoms with Crippen molar-refractivity contribution in [2.45, 2.75) is 70.3 Å². The molecule has 0 spiro atoms. The number of alkyl halides is 3. The van der Waals surface area contributed by atoms with E-state index in [9.17, 15) is 18.0 Å². The highest BCUT2D eigenvalue weighted by Gasteiger charge is 2.35. The van der Waals surface area contributed by atoms with Crippen LogP contribution in [0.5, 0.6) is 5.75 Å². The molecule has 4 aromatic carbocycles. The van der Waals surface area contributed by atoms with Crippen molar-refractivity contribution in [1.29, 1.82) is 0 Å². The number of piperidine rings is 2. The van der Waals surface area contributed by atoms with Crippen LogP contribution in [0.1, 0.15) is 73.2 Å². The number of carbonyl (C=O) groups is 1. The summed E-state index contributed by atoms with van der Waals surface area (Å²) in [6.07, 6.45) is -4.05. The summed E-state index contributed by atoms with van der Waals surface area (Å²) in [5.74, 6) is -0.582. The monoisotopic (exact) mass is 864 g/mol. The number of fused-ring (bicyclic) bond motifs is 2. The summed E-state index contributed by atoms with van der Waals surface area (Å²) < 4.78 is 77.0. The number of imidazole rings is 2. The second kappa shape index (κ2) is 19.3. The Morgan fingerprint density at radius 1 is 0.836 bits per heavy atom. The van der Waals surface area contributed by atoms with Crippen LogP contribution in [-0.4, -0.2) is 101 Å². The summed E-state index contributed by atoms with van der Waals surface area (Å²) in [7, 11) is 4.12. The van der Waals surface area contributed by atoms with Crippen LogP contribution in [0.4, 0.5) is 22.4 Å². The lowest BCUT2D eigenvalue weighted by molar-refractivity contribution is -0.274. The first-order valence-corrected chi connectivity index (χ1v) is 20.7. The van der Waals surface area contributed by atoms with Gasteiger partial charge in [-0.15, -0.1) is 13.2 Å². The van der Waals surface area contributed by atoms with Crippen molar-refractivity contribution < 1.29 is 41.3 Å². The third kappa shape index (κ3) is 10.9. The largest absolute Gasteiger partial charge is 0.573 e. The average Bonchev–Trinajstić information content (AvgIpc) is 3.84. The van der Waals surface area contributed by atoms with Crippen LogP contribution in [0.3, 0.4) is 0 Å². The Balaban J connectivity index is 0.000000192. The number of benzene rings is 4. The van der Waals surface area contributed by atoms with Gasteiger partial charge in [-0.2, -0.15) is 0 Å². The molecule has 2 aliphatic rings. The first-order valence-electron chi connectivity index (χ1n) is 20.3. The Bertz CT molecular complexity index is 2390. The van der Waals surface area contributed by atoms with Crippen LogP contribution in [0.15, 0.2) is 84.9 Å². The number of nitrogens with zero attached hydrogens (tertiary/aromatic N) is 5. The molecule has 1 N–H and O–H groups in total. The molecule has 2 unspecified atom stereocenters. The number of hydrogen-bond acceptors (Lipinski definition) is 9. The fourth-order valence-electron chi connectivity index (χ4n) is 7.59. The fraction of sp³-hybridized carbons (Fsp3) is 0.400. The van der Waals surface area contributed by atoms with Crippen LogP contribution in [0.25, 0.3) is 22.1 Å². The maximum absolute atomic E-state index is 15.1. The Morgan fingerprint density at radius 2 is 1.46 bits per heavy atom. The highest BCUT2D eigenvalue weighted by molar-refractivity contribution is 6.31. The molecule has 0 amide bonds. The van der Waals surface area contributed by atoms with E-state index in [4.69, 9.17) is 30.8 Å². The zero-order valence-corrected chi connectivity index (χ0v) is 35.2. The van der Waals surface area contributed by atoms with Gasteiger partial charge >= 0.3 is 12.5 Å². The van der Waals surface area contributed by atoms with Gasteiger partial charge in [0.2, 0.25) is 0 Å². The average molecular weight is 865 g/mol. The SMILES string of the molecule is CCOC(=O)n1c(C(OC2CCN(C)CC2)c2cc(OC(F)(F)F)ccc2F)nc2ccccc21.Cc1ccc(C(OC2CCN(C)CC2)c2nc3ccccc3[nH]2)cc1Cl. The number of aromatic amines is 1. The number of ether oxygens (including phenoxy) is 4. The van der Waals surface area contributed by atoms with Crippen molar-refractivity contribution in [2.75, 3.05) is 46.9 Å². The molecule has 2 atom stereocenters. The highest BCUT2D eigenvalue weighted by Crippen LogP contribution is 2.37. The summed E-state index contributed by atoms with van der Waals surface area (Å²) in [5, 5.41) is 0.760. The molecular formula is C45H49ClF4N6O5. The Hall–Kier alpha value is -5.06. The first-order chi connectivity index (χ1) is 29.3. The van der Waals surface area contributed by atoms with Crippen molar-refractivity contribution in [3.05, 3.63) is 124 Å². The van der Waals surface area contributed by atoms with E-state index in [2.05, 4.69) is 37.6 Å². The number of aromatic nitrogens is 4. The number of nitrogens with one attached hydrogen (secondary N) is 1. The van der Waals surface area contributed by atoms with E-state index >= 15 is 4.39 Å². The quantitative estimate of drug-likeness (QED) is 0.135. The van der Waals surface area contributed by atoms with Gasteiger partial charge in [0, 0.05) is 36.8 Å². The van der Waals surface area contributed by atoms with E-state index in [1.807, 2.05) is 50.4 Å².